The van der Waals surface area contributed by atoms with Gasteiger partial charge in [-0.3, -0.25) is 9.69 Å². The molecule has 0 aliphatic carbocycles. The summed E-state index contributed by atoms with van der Waals surface area (Å²) in [6.45, 7) is 5.01. The Morgan fingerprint density at radius 2 is 1.97 bits per heavy atom. The molecule has 9 heteroatoms. The average molecular weight is 550 g/mol. The van der Waals surface area contributed by atoms with Gasteiger partial charge >= 0.3 is 5.97 Å². The van der Waals surface area contributed by atoms with Crippen molar-refractivity contribution in [3.63, 3.8) is 0 Å². The molecule has 1 atom stereocenters. The molecule has 1 amide bonds. The van der Waals surface area contributed by atoms with Gasteiger partial charge in [0.2, 0.25) is 0 Å². The summed E-state index contributed by atoms with van der Waals surface area (Å²) in [5.41, 5.74) is 1.19. The van der Waals surface area contributed by atoms with Gasteiger partial charge in [-0.15, -0.1) is 0 Å². The number of hydrogen-bond acceptors (Lipinski definition) is 6. The molecule has 1 saturated heterocycles. The zero-order chi connectivity index (χ0) is 24.0. The fourth-order valence-electron chi connectivity index (χ4n) is 3.28. The molecule has 6 nitrogen and oxygen atoms in total. The molecule has 1 N–H and O–H groups in total. The van der Waals surface area contributed by atoms with Crippen LogP contribution in [0.4, 0.5) is 0 Å². The number of carbonyl (C=O) groups excluding carboxylic acids is 1. The predicted molar refractivity (Wildman–Crippen MR) is 138 cm³/mol. The largest absolute Gasteiger partial charge is 0.490 e. The topological polar surface area (TPSA) is 76.1 Å². The van der Waals surface area contributed by atoms with Crippen LogP contribution in [0.3, 0.4) is 0 Å². The molecule has 2 aromatic carbocycles. The number of carboxylic acid groups (broad SMARTS) is 1. The molecular weight excluding hydrogens is 526 g/mol. The quantitative estimate of drug-likeness (QED) is 0.219. The Labute approximate surface area is 211 Å². The van der Waals surface area contributed by atoms with E-state index < -0.39 is 17.9 Å². The Hall–Kier alpha value is -2.36. The molecule has 174 valence electrons. The highest BCUT2D eigenvalue weighted by atomic mass is 79.9. The number of carbonyl (C=O) groups is 2. The molecule has 3 rings (SSSR count). The maximum Gasteiger partial charge on any atom is 0.331 e. The van der Waals surface area contributed by atoms with E-state index in [1.807, 2.05) is 13.0 Å². The van der Waals surface area contributed by atoms with E-state index >= 15 is 0 Å². The zero-order valence-electron chi connectivity index (χ0n) is 18.2. The highest BCUT2D eigenvalue weighted by molar-refractivity contribution is 9.10. The molecule has 1 aliphatic rings. The molecular formula is C24H24BrNO5S2. The fourth-order valence-corrected chi connectivity index (χ4v) is 5.17. The Balaban J connectivity index is 1.93. The van der Waals surface area contributed by atoms with Crippen molar-refractivity contribution in [2.24, 2.45) is 0 Å². The molecule has 1 fully saturated rings. The molecule has 0 aromatic heterocycles. The summed E-state index contributed by atoms with van der Waals surface area (Å²) in [5.74, 6) is -0.408. The minimum Gasteiger partial charge on any atom is -0.490 e. The highest BCUT2D eigenvalue weighted by Gasteiger charge is 2.41. The smallest absolute Gasteiger partial charge is 0.331 e. The maximum atomic E-state index is 13.2. The second-order valence-electron chi connectivity index (χ2n) is 7.17. The number of ether oxygens (including phenoxy) is 2. The van der Waals surface area contributed by atoms with Gasteiger partial charge in [-0.05, 0) is 58.6 Å². The van der Waals surface area contributed by atoms with Crippen LogP contribution >= 0.6 is 39.9 Å². The van der Waals surface area contributed by atoms with Gasteiger partial charge in [0, 0.05) is 0 Å². The van der Waals surface area contributed by atoms with E-state index in [0.29, 0.717) is 45.2 Å². The molecule has 0 bridgehead atoms. The summed E-state index contributed by atoms with van der Waals surface area (Å²) in [6.07, 6.45) is 3.63. The first kappa shape index (κ1) is 25.3. The number of carboxylic acids is 1. The van der Waals surface area contributed by atoms with Gasteiger partial charge in [0.05, 0.1) is 22.6 Å². The number of benzene rings is 2. The van der Waals surface area contributed by atoms with Gasteiger partial charge in [-0.25, -0.2) is 4.79 Å². The number of thiocarbonyl (C=S) groups is 1. The third-order valence-corrected chi connectivity index (χ3v) is 6.72. The lowest BCUT2D eigenvalue weighted by Crippen LogP contribution is -2.37. The van der Waals surface area contributed by atoms with Crippen molar-refractivity contribution in [3.8, 4) is 11.5 Å². The predicted octanol–water partition coefficient (Wildman–Crippen LogP) is 6.05. The van der Waals surface area contributed by atoms with Crippen LogP contribution in [0.1, 0.15) is 43.9 Å². The van der Waals surface area contributed by atoms with Crippen molar-refractivity contribution in [2.45, 2.75) is 32.7 Å². The minimum absolute atomic E-state index is 0.200. The summed E-state index contributed by atoms with van der Waals surface area (Å²) in [7, 11) is 0. The lowest BCUT2D eigenvalue weighted by atomic mass is 10.1. The lowest BCUT2D eigenvalue weighted by molar-refractivity contribution is -0.145. The van der Waals surface area contributed by atoms with E-state index in [0.717, 1.165) is 29.5 Å². The molecule has 1 aliphatic heterocycles. The Morgan fingerprint density at radius 3 is 2.61 bits per heavy atom. The molecule has 0 saturated carbocycles. The Morgan fingerprint density at radius 1 is 1.24 bits per heavy atom. The minimum atomic E-state index is -1.19. The number of halogens is 1. The van der Waals surface area contributed by atoms with Crippen molar-refractivity contribution in [3.05, 3.63) is 63.0 Å². The summed E-state index contributed by atoms with van der Waals surface area (Å²) in [6, 6.07) is 11.0. The van der Waals surface area contributed by atoms with Gasteiger partial charge in [-0.1, -0.05) is 67.7 Å². The number of hydrogen-bond donors (Lipinski definition) is 1. The summed E-state index contributed by atoms with van der Waals surface area (Å²) in [5, 5.41) is 9.83. The van der Waals surface area contributed by atoms with Gasteiger partial charge in [0.1, 0.15) is 4.32 Å². The third kappa shape index (κ3) is 5.96. The fraction of sp³-hybridized carbons (Fsp3) is 0.292. The van der Waals surface area contributed by atoms with Crippen LogP contribution < -0.4 is 9.47 Å². The SMILES string of the molecule is CCCCOc1c(Br)cc(/C=C2\SC(=S)N(C(C(=O)O)c3ccccc3)C2=O)cc1OCC. The molecule has 33 heavy (non-hydrogen) atoms. The first-order valence-corrected chi connectivity index (χ1v) is 12.5. The van der Waals surface area contributed by atoms with Gasteiger partial charge in [-0.2, -0.15) is 0 Å². The number of aliphatic carboxylic acids is 1. The van der Waals surface area contributed by atoms with E-state index in [-0.39, 0.29) is 4.32 Å². The number of nitrogens with zero attached hydrogens (tertiary/aromatic N) is 1. The van der Waals surface area contributed by atoms with Crippen LogP contribution in [0.2, 0.25) is 0 Å². The molecule has 0 spiro atoms. The van der Waals surface area contributed by atoms with E-state index in [2.05, 4.69) is 22.9 Å². The van der Waals surface area contributed by atoms with E-state index in [1.165, 1.54) is 0 Å². The summed E-state index contributed by atoms with van der Waals surface area (Å²) >= 11 is 10.0. The van der Waals surface area contributed by atoms with Crippen molar-refractivity contribution in [2.75, 3.05) is 13.2 Å². The average Bonchev–Trinajstić information content (AvgIpc) is 3.04. The lowest BCUT2D eigenvalue weighted by Gasteiger charge is -2.23. The molecule has 1 heterocycles. The van der Waals surface area contributed by atoms with Gasteiger partial charge in [0.15, 0.2) is 17.5 Å². The standard InChI is InChI=1S/C24H24BrNO5S2/c1-3-5-11-31-21-17(25)12-15(13-18(21)30-4-2)14-19-22(27)26(24(32)33-19)20(23(28)29)16-9-7-6-8-10-16/h6-10,12-14,20H,3-5,11H2,1-2H3,(H,28,29)/b19-14-. The first-order chi connectivity index (χ1) is 15.9. The van der Waals surface area contributed by atoms with Crippen LogP contribution in [0.15, 0.2) is 51.8 Å². The van der Waals surface area contributed by atoms with Crippen molar-refractivity contribution >= 4 is 62.2 Å². The Bertz CT molecular complexity index is 1070. The van der Waals surface area contributed by atoms with Crippen molar-refractivity contribution < 1.29 is 24.2 Å². The van der Waals surface area contributed by atoms with E-state index in [1.54, 1.807) is 42.5 Å². The van der Waals surface area contributed by atoms with Crippen LogP contribution in [0.5, 0.6) is 11.5 Å². The second kappa shape index (κ2) is 11.7. The summed E-state index contributed by atoms with van der Waals surface area (Å²) in [4.78, 5) is 26.7. The van der Waals surface area contributed by atoms with E-state index in [4.69, 9.17) is 21.7 Å². The summed E-state index contributed by atoms with van der Waals surface area (Å²) < 4.78 is 12.6. The van der Waals surface area contributed by atoms with Crippen LogP contribution in [-0.2, 0) is 9.59 Å². The zero-order valence-corrected chi connectivity index (χ0v) is 21.5. The van der Waals surface area contributed by atoms with Gasteiger partial charge in [0.25, 0.3) is 5.91 Å². The first-order valence-electron chi connectivity index (χ1n) is 10.5. The monoisotopic (exact) mass is 549 g/mol. The Kier molecular flexibility index (Phi) is 8.94. The molecule has 2 aromatic rings. The van der Waals surface area contributed by atoms with Crippen molar-refractivity contribution in [1.82, 2.24) is 4.90 Å². The highest BCUT2D eigenvalue weighted by Crippen LogP contribution is 2.41. The number of unbranched alkanes of at least 4 members (excludes halogenated alkanes) is 1. The van der Waals surface area contributed by atoms with E-state index in [9.17, 15) is 14.7 Å². The second-order valence-corrected chi connectivity index (χ2v) is 9.70. The van der Waals surface area contributed by atoms with Crippen LogP contribution in [0.25, 0.3) is 6.08 Å². The normalized spacial score (nSPS) is 15.7. The molecule has 0 radical (unpaired) electrons. The van der Waals surface area contributed by atoms with Gasteiger partial charge < -0.3 is 14.6 Å². The van der Waals surface area contributed by atoms with Crippen LogP contribution in [0, 0.1) is 0 Å². The number of amides is 1. The number of thioether (sulfide) groups is 1. The maximum absolute atomic E-state index is 13.2. The number of rotatable bonds is 10. The third-order valence-electron chi connectivity index (χ3n) is 4.80. The molecule has 1 unspecified atom stereocenters. The van der Waals surface area contributed by atoms with Crippen molar-refractivity contribution in [1.29, 1.82) is 0 Å². The van der Waals surface area contributed by atoms with Crippen LogP contribution in [-0.4, -0.2) is 39.4 Å².